The van der Waals surface area contributed by atoms with Gasteiger partial charge in [-0.25, -0.2) is 0 Å². The van der Waals surface area contributed by atoms with Gasteiger partial charge in [-0.3, -0.25) is 0 Å². The summed E-state index contributed by atoms with van der Waals surface area (Å²) in [5.41, 5.74) is 0. The molecule has 0 saturated heterocycles. The van der Waals surface area contributed by atoms with E-state index < -0.39 is 18.3 Å². The molecule has 0 spiro atoms. The van der Waals surface area contributed by atoms with Gasteiger partial charge in [0.15, 0.2) is 0 Å². The first-order valence-corrected chi connectivity index (χ1v) is 11.2. The van der Waals surface area contributed by atoms with Crippen molar-refractivity contribution in [2.45, 2.75) is 51.5 Å². The second-order valence-electron chi connectivity index (χ2n) is 4.81. The molecule has 0 N–H and O–H groups in total. The minimum absolute atomic E-state index is 0.933. The van der Waals surface area contributed by atoms with Crippen LogP contribution in [0.2, 0.25) is 6.04 Å². The summed E-state index contributed by atoms with van der Waals surface area (Å²) in [4.78, 5) is 0. The van der Waals surface area contributed by atoms with E-state index in [0.717, 1.165) is 12.5 Å². The second kappa shape index (κ2) is 17.5. The van der Waals surface area contributed by atoms with Gasteiger partial charge in [0.2, 0.25) is 0 Å². The lowest BCUT2D eigenvalue weighted by molar-refractivity contribution is 0.122. The normalized spacial score (nSPS) is 11.5. The highest BCUT2D eigenvalue weighted by atomic mass is 28.4. The van der Waals surface area contributed by atoms with Gasteiger partial charge in [0.05, 0.1) is 0 Å². The number of unbranched alkanes of at least 4 members (excludes halogenated alkanes) is 5. The Morgan fingerprint density at radius 1 is 0.636 bits per heavy atom. The van der Waals surface area contributed by atoms with Crippen molar-refractivity contribution in [2.75, 3.05) is 42.7 Å². The van der Waals surface area contributed by atoms with Crippen LogP contribution in [0.25, 0.3) is 0 Å². The number of hydrogen-bond acceptors (Lipinski definition) is 6. The van der Waals surface area contributed by atoms with Gasteiger partial charge in [-0.2, -0.15) is 0 Å². The number of hydrogen-bond donors (Lipinski definition) is 0. The third kappa shape index (κ3) is 12.7. The fourth-order valence-corrected chi connectivity index (χ4v) is 4.34. The van der Waals surface area contributed by atoms with Crippen molar-refractivity contribution in [3.8, 4) is 0 Å². The molecule has 0 amide bonds. The Morgan fingerprint density at radius 3 is 1.36 bits per heavy atom. The van der Waals surface area contributed by atoms with Crippen molar-refractivity contribution >= 4 is 18.3 Å². The van der Waals surface area contributed by atoms with Crippen LogP contribution >= 0.6 is 0 Å². The van der Waals surface area contributed by atoms with Crippen molar-refractivity contribution < 1.29 is 26.6 Å². The minimum Gasteiger partial charge on any atom is -0.379 e. The van der Waals surface area contributed by atoms with Crippen LogP contribution in [0.4, 0.5) is 0 Å². The molecule has 0 aromatic rings. The van der Waals surface area contributed by atoms with E-state index in [4.69, 9.17) is 26.6 Å². The average Bonchev–Trinajstić information content (AvgIpc) is 2.57. The monoisotopic (exact) mass is 356 g/mol. The summed E-state index contributed by atoms with van der Waals surface area (Å²) in [6.45, 7) is 2.23. The van der Waals surface area contributed by atoms with Crippen LogP contribution < -0.4 is 0 Å². The molecule has 136 valence electrons. The molecule has 0 aliphatic heterocycles. The third-order valence-electron chi connectivity index (χ3n) is 3.35. The summed E-state index contributed by atoms with van der Waals surface area (Å²) in [7, 11) is 5.79. The fraction of sp³-hybridized carbons (Fsp3) is 1.00. The van der Waals surface area contributed by atoms with E-state index in [-0.39, 0.29) is 0 Å². The van der Waals surface area contributed by atoms with Crippen LogP contribution in [-0.4, -0.2) is 61.0 Å². The van der Waals surface area contributed by atoms with Gasteiger partial charge in [-0.05, 0) is 6.42 Å². The Hall–Kier alpha value is 0.194. The van der Waals surface area contributed by atoms with E-state index in [0.29, 0.717) is 0 Å². The molecular formula is C14H36O6Si2. The summed E-state index contributed by atoms with van der Waals surface area (Å²) in [6.07, 6.45) is 7.71. The average molecular weight is 357 g/mol. The van der Waals surface area contributed by atoms with Gasteiger partial charge < -0.3 is 26.6 Å². The predicted octanol–water partition coefficient (Wildman–Crippen LogP) is 2.87. The van der Waals surface area contributed by atoms with Crippen LogP contribution in [0.5, 0.6) is 0 Å². The summed E-state index contributed by atoms with van der Waals surface area (Å²) in [6, 6.07) is 0.933. The van der Waals surface area contributed by atoms with Crippen molar-refractivity contribution in [2.24, 2.45) is 0 Å². The van der Waals surface area contributed by atoms with E-state index in [9.17, 15) is 0 Å². The lowest BCUT2D eigenvalue weighted by atomic mass is 10.1. The molecule has 0 fully saturated rings. The summed E-state index contributed by atoms with van der Waals surface area (Å²) < 4.78 is 30.3. The van der Waals surface area contributed by atoms with Crippen molar-refractivity contribution in [3.05, 3.63) is 0 Å². The highest BCUT2D eigenvalue weighted by Gasteiger charge is 2.36. The molecule has 0 atom stereocenters. The zero-order chi connectivity index (χ0) is 17.3. The Morgan fingerprint density at radius 2 is 1.05 bits per heavy atom. The van der Waals surface area contributed by atoms with Gasteiger partial charge in [-0.1, -0.05) is 39.0 Å². The maximum atomic E-state index is 5.36. The second-order valence-corrected chi connectivity index (χ2v) is 9.89. The molecular weight excluding hydrogens is 320 g/mol. The highest BCUT2D eigenvalue weighted by Crippen LogP contribution is 2.17. The molecule has 0 aromatic heterocycles. The first kappa shape index (κ1) is 24.4. The van der Waals surface area contributed by atoms with Gasteiger partial charge >= 0.3 is 18.3 Å². The molecule has 0 aliphatic carbocycles. The zero-order valence-corrected chi connectivity index (χ0v) is 17.6. The molecule has 0 aliphatic rings. The summed E-state index contributed by atoms with van der Waals surface area (Å²) >= 11 is 0. The first-order chi connectivity index (χ1) is 10.6. The van der Waals surface area contributed by atoms with Crippen LogP contribution in [-0.2, 0) is 26.6 Å². The van der Waals surface area contributed by atoms with Crippen LogP contribution in [0.3, 0.4) is 0 Å². The lowest BCUT2D eigenvalue weighted by Crippen LogP contribution is -2.42. The van der Waals surface area contributed by atoms with E-state index in [1.807, 2.05) is 0 Å². The van der Waals surface area contributed by atoms with E-state index in [1.54, 1.807) is 42.7 Å². The highest BCUT2D eigenvalue weighted by molar-refractivity contribution is 6.60. The number of rotatable bonds is 13. The van der Waals surface area contributed by atoms with Gasteiger partial charge in [0.1, 0.15) is 0 Å². The van der Waals surface area contributed by atoms with Crippen molar-refractivity contribution in [1.82, 2.24) is 0 Å². The van der Waals surface area contributed by atoms with Gasteiger partial charge in [0, 0.05) is 48.7 Å². The van der Waals surface area contributed by atoms with E-state index in [2.05, 4.69) is 6.92 Å². The third-order valence-corrected chi connectivity index (χ3v) is 7.33. The summed E-state index contributed by atoms with van der Waals surface area (Å²) in [5.74, 6) is 0. The van der Waals surface area contributed by atoms with E-state index in [1.165, 1.54) is 32.1 Å². The van der Waals surface area contributed by atoms with Crippen molar-refractivity contribution in [1.29, 1.82) is 0 Å². The Labute approximate surface area is 139 Å². The molecule has 0 aromatic carbocycles. The quantitative estimate of drug-likeness (QED) is 0.374. The maximum absolute atomic E-state index is 5.36. The maximum Gasteiger partial charge on any atom is 0.500 e. The van der Waals surface area contributed by atoms with Crippen LogP contribution in [0, 0.1) is 0 Å². The Kier molecular flexibility index (Phi) is 19.5. The molecule has 0 heterocycles. The SMILES string of the molecule is CCCCCCCC[Si](OC)(OC)OC.CO[SiH](OC)OC. The van der Waals surface area contributed by atoms with Crippen LogP contribution in [0.1, 0.15) is 45.4 Å². The smallest absolute Gasteiger partial charge is 0.379 e. The van der Waals surface area contributed by atoms with Gasteiger partial charge in [0.25, 0.3) is 0 Å². The van der Waals surface area contributed by atoms with Crippen molar-refractivity contribution in [3.63, 3.8) is 0 Å². The van der Waals surface area contributed by atoms with Crippen LogP contribution in [0.15, 0.2) is 0 Å². The minimum atomic E-state index is -2.29. The first-order valence-electron chi connectivity index (χ1n) is 7.83. The lowest BCUT2D eigenvalue weighted by Gasteiger charge is -2.24. The Balaban J connectivity index is 0. The molecule has 6 nitrogen and oxygen atoms in total. The molecule has 0 saturated carbocycles. The molecule has 0 rings (SSSR count). The van der Waals surface area contributed by atoms with Gasteiger partial charge in [-0.15, -0.1) is 0 Å². The molecule has 0 unspecified atom stereocenters. The predicted molar refractivity (Wildman–Crippen MR) is 93.1 cm³/mol. The molecule has 8 heteroatoms. The largest absolute Gasteiger partial charge is 0.500 e. The Bertz CT molecular complexity index is 200. The summed E-state index contributed by atoms with van der Waals surface area (Å²) in [5, 5.41) is 0. The van der Waals surface area contributed by atoms with E-state index >= 15 is 0 Å². The molecule has 22 heavy (non-hydrogen) atoms. The molecule has 0 bridgehead atoms. The fourth-order valence-electron chi connectivity index (χ4n) is 1.97. The standard InChI is InChI=1S/C11H26O3Si.C3H10O3Si/c1-5-6-7-8-9-10-11-15(12-2,13-3)14-4;1-4-7(5-2)6-3/h5-11H2,1-4H3;7H,1-3H3. The zero-order valence-electron chi connectivity index (χ0n) is 15.5. The molecule has 0 radical (unpaired) electrons. The topological polar surface area (TPSA) is 55.4 Å².